The van der Waals surface area contributed by atoms with Gasteiger partial charge in [0.05, 0.1) is 11.0 Å². The molecule has 0 aromatic heterocycles. The van der Waals surface area contributed by atoms with Crippen molar-refractivity contribution in [3.8, 4) is 0 Å². The van der Waals surface area contributed by atoms with Crippen molar-refractivity contribution in [2.24, 2.45) is 0 Å². The molecule has 2 amide bonds. The Morgan fingerprint density at radius 3 is 2.59 bits per heavy atom. The first kappa shape index (κ1) is 19.4. The Balaban J connectivity index is 1.70. The van der Waals surface area contributed by atoms with Gasteiger partial charge in [0, 0.05) is 24.5 Å². The van der Waals surface area contributed by atoms with Gasteiger partial charge in [0.25, 0.3) is 5.91 Å². The summed E-state index contributed by atoms with van der Waals surface area (Å²) < 4.78 is 12.9. The van der Waals surface area contributed by atoms with E-state index in [1.165, 1.54) is 10.5 Å². The summed E-state index contributed by atoms with van der Waals surface area (Å²) in [5.41, 5.74) is 5.01. The van der Waals surface area contributed by atoms with Gasteiger partial charge in [-0.3, -0.25) is 9.59 Å². The Bertz CT molecular complexity index is 1010. The van der Waals surface area contributed by atoms with Crippen LogP contribution in [-0.4, -0.2) is 36.5 Å². The molecule has 4 rings (SSSR count). The highest BCUT2D eigenvalue weighted by Gasteiger charge is 2.47. The summed E-state index contributed by atoms with van der Waals surface area (Å²) >= 11 is 0. The minimum atomic E-state index is -0.983. The number of benzene rings is 2. The number of carbonyl (C=O) groups excluding carboxylic acids is 2. The van der Waals surface area contributed by atoms with Crippen LogP contribution >= 0.6 is 0 Å². The molecule has 2 aromatic rings. The number of fused-ring (bicyclic) bond motifs is 1. The van der Waals surface area contributed by atoms with E-state index in [1.54, 1.807) is 0 Å². The second kappa shape index (κ2) is 6.58. The largest absolute Gasteiger partial charge is 0.372 e. The van der Waals surface area contributed by atoms with Gasteiger partial charge in [-0.2, -0.15) is 0 Å². The van der Waals surface area contributed by atoms with E-state index in [1.807, 2.05) is 38.1 Å². The van der Waals surface area contributed by atoms with Gasteiger partial charge in [0.15, 0.2) is 6.67 Å². The number of rotatable bonds is 4. The SMILES string of the molecule is Cc1cccc(C2(Nc3ccc4c(c3)NC(=O)C4(C)C)CN(C(=O)CF)C2)c1C. The number of hydrogen-bond acceptors (Lipinski definition) is 3. The van der Waals surface area contributed by atoms with E-state index in [0.717, 1.165) is 28.1 Å². The van der Waals surface area contributed by atoms with Crippen molar-refractivity contribution in [2.45, 2.75) is 38.6 Å². The molecule has 29 heavy (non-hydrogen) atoms. The van der Waals surface area contributed by atoms with Gasteiger partial charge < -0.3 is 15.5 Å². The lowest BCUT2D eigenvalue weighted by Gasteiger charge is -2.51. The van der Waals surface area contributed by atoms with Crippen molar-refractivity contribution in [3.05, 3.63) is 58.7 Å². The molecule has 0 bridgehead atoms. The fourth-order valence-electron chi connectivity index (χ4n) is 4.40. The van der Waals surface area contributed by atoms with Gasteiger partial charge in [0.2, 0.25) is 5.91 Å². The fourth-order valence-corrected chi connectivity index (χ4v) is 4.40. The van der Waals surface area contributed by atoms with Gasteiger partial charge in [-0.15, -0.1) is 0 Å². The Morgan fingerprint density at radius 1 is 1.17 bits per heavy atom. The number of halogens is 1. The number of amides is 2. The second-order valence-electron chi connectivity index (χ2n) is 8.68. The molecule has 1 fully saturated rings. The average molecular weight is 395 g/mol. The van der Waals surface area contributed by atoms with E-state index in [9.17, 15) is 14.0 Å². The van der Waals surface area contributed by atoms with E-state index in [-0.39, 0.29) is 5.91 Å². The van der Waals surface area contributed by atoms with Crippen molar-refractivity contribution in [2.75, 3.05) is 30.4 Å². The number of likely N-dealkylation sites (tertiary alicyclic amines) is 1. The van der Waals surface area contributed by atoms with E-state index >= 15 is 0 Å². The number of carbonyl (C=O) groups is 2. The molecular formula is C23H26FN3O2. The maximum absolute atomic E-state index is 12.9. The third-order valence-electron chi connectivity index (χ3n) is 6.40. The summed E-state index contributed by atoms with van der Waals surface area (Å²) in [6.45, 7) is 7.76. The zero-order valence-corrected chi connectivity index (χ0v) is 17.2. The van der Waals surface area contributed by atoms with Crippen LogP contribution in [0.25, 0.3) is 0 Å². The first-order valence-corrected chi connectivity index (χ1v) is 9.82. The highest BCUT2D eigenvalue weighted by molar-refractivity contribution is 6.06. The quantitative estimate of drug-likeness (QED) is 0.831. The van der Waals surface area contributed by atoms with Crippen LogP contribution in [0, 0.1) is 13.8 Å². The molecule has 2 heterocycles. The van der Waals surface area contributed by atoms with Gasteiger partial charge in [-0.05, 0) is 62.1 Å². The number of alkyl halides is 1. The van der Waals surface area contributed by atoms with Crippen molar-refractivity contribution >= 4 is 23.2 Å². The number of aryl methyl sites for hydroxylation is 1. The molecule has 0 aliphatic carbocycles. The predicted molar refractivity (Wildman–Crippen MR) is 112 cm³/mol. The van der Waals surface area contributed by atoms with Crippen LogP contribution in [0.5, 0.6) is 0 Å². The Hall–Kier alpha value is -2.89. The second-order valence-corrected chi connectivity index (χ2v) is 8.68. The Labute approximate surface area is 170 Å². The van der Waals surface area contributed by atoms with Crippen molar-refractivity contribution in [1.29, 1.82) is 0 Å². The van der Waals surface area contributed by atoms with Crippen molar-refractivity contribution in [3.63, 3.8) is 0 Å². The van der Waals surface area contributed by atoms with Crippen LogP contribution in [0.2, 0.25) is 0 Å². The molecular weight excluding hydrogens is 369 g/mol. The molecule has 2 aliphatic rings. The normalized spacial score (nSPS) is 18.7. The number of nitrogens with zero attached hydrogens (tertiary/aromatic N) is 1. The fraction of sp³-hybridized carbons (Fsp3) is 0.391. The van der Waals surface area contributed by atoms with Gasteiger partial charge >= 0.3 is 0 Å². The van der Waals surface area contributed by atoms with Crippen molar-refractivity contribution in [1.82, 2.24) is 4.90 Å². The molecule has 6 heteroatoms. The van der Waals surface area contributed by atoms with E-state index in [4.69, 9.17) is 0 Å². The van der Waals surface area contributed by atoms with E-state index in [2.05, 4.69) is 36.6 Å². The zero-order chi connectivity index (χ0) is 21.0. The third kappa shape index (κ3) is 2.98. The summed E-state index contributed by atoms with van der Waals surface area (Å²) in [6.07, 6.45) is 0. The lowest BCUT2D eigenvalue weighted by Crippen LogP contribution is -2.65. The summed E-state index contributed by atoms with van der Waals surface area (Å²) in [5.74, 6) is -0.507. The van der Waals surface area contributed by atoms with Crippen LogP contribution < -0.4 is 10.6 Å². The summed E-state index contributed by atoms with van der Waals surface area (Å²) in [6, 6.07) is 12.0. The molecule has 0 spiro atoms. The number of nitrogens with one attached hydrogen (secondary N) is 2. The zero-order valence-electron chi connectivity index (χ0n) is 17.2. The van der Waals surface area contributed by atoms with Crippen LogP contribution in [0.3, 0.4) is 0 Å². The molecule has 5 nitrogen and oxygen atoms in total. The molecule has 0 atom stereocenters. The minimum absolute atomic E-state index is 0.0164. The summed E-state index contributed by atoms with van der Waals surface area (Å²) in [7, 11) is 0. The molecule has 152 valence electrons. The molecule has 2 aromatic carbocycles. The molecule has 1 saturated heterocycles. The predicted octanol–water partition coefficient (Wildman–Crippen LogP) is 3.65. The monoisotopic (exact) mass is 395 g/mol. The molecule has 0 saturated carbocycles. The topological polar surface area (TPSA) is 61.4 Å². The minimum Gasteiger partial charge on any atom is -0.372 e. The molecule has 0 radical (unpaired) electrons. The lowest BCUT2D eigenvalue weighted by molar-refractivity contribution is -0.139. The highest BCUT2D eigenvalue weighted by atomic mass is 19.1. The van der Waals surface area contributed by atoms with Crippen LogP contribution in [0.1, 0.15) is 36.1 Å². The van der Waals surface area contributed by atoms with E-state index < -0.39 is 23.5 Å². The summed E-state index contributed by atoms with van der Waals surface area (Å²) in [4.78, 5) is 25.6. The van der Waals surface area contributed by atoms with Gasteiger partial charge in [-0.25, -0.2) is 4.39 Å². The maximum atomic E-state index is 12.9. The average Bonchev–Trinajstić information content (AvgIpc) is 2.88. The van der Waals surface area contributed by atoms with Gasteiger partial charge in [-0.1, -0.05) is 24.3 Å². The highest BCUT2D eigenvalue weighted by Crippen LogP contribution is 2.42. The first-order chi connectivity index (χ1) is 13.7. The van der Waals surface area contributed by atoms with Crippen LogP contribution in [0.4, 0.5) is 15.8 Å². The standard InChI is InChI=1S/C23H26FN3O2/c1-14-6-5-7-17(15(14)2)23(12-27(13-23)20(28)11-24)26-16-8-9-18-19(10-16)25-21(29)22(18,3)4/h5-10,26H,11-13H2,1-4H3,(H,25,29). The van der Waals surface area contributed by atoms with Gasteiger partial charge in [0.1, 0.15) is 0 Å². The number of anilines is 2. The molecule has 2 N–H and O–H groups in total. The van der Waals surface area contributed by atoms with Crippen LogP contribution in [-0.2, 0) is 20.5 Å². The lowest BCUT2D eigenvalue weighted by atomic mass is 9.78. The Morgan fingerprint density at radius 2 is 1.90 bits per heavy atom. The van der Waals surface area contributed by atoms with E-state index in [0.29, 0.717) is 13.1 Å². The summed E-state index contributed by atoms with van der Waals surface area (Å²) in [5, 5.41) is 6.54. The smallest absolute Gasteiger partial charge is 0.254 e. The van der Waals surface area contributed by atoms with Crippen molar-refractivity contribution < 1.29 is 14.0 Å². The molecule has 0 unspecified atom stereocenters. The molecule has 2 aliphatic heterocycles. The number of hydrogen-bond donors (Lipinski definition) is 2. The van der Waals surface area contributed by atoms with Crippen LogP contribution in [0.15, 0.2) is 36.4 Å². The Kier molecular flexibility index (Phi) is 4.41. The maximum Gasteiger partial charge on any atom is 0.254 e. The first-order valence-electron chi connectivity index (χ1n) is 9.82. The third-order valence-corrected chi connectivity index (χ3v) is 6.40.